The summed E-state index contributed by atoms with van der Waals surface area (Å²) in [6.45, 7) is 7.89. The molecule has 0 radical (unpaired) electrons. The molecule has 0 aromatic heterocycles. The number of ether oxygens (including phenoxy) is 1. The van der Waals surface area contributed by atoms with Crippen LogP contribution < -0.4 is 5.32 Å². The molecule has 1 rings (SSSR count). The Bertz CT molecular complexity index is 398. The van der Waals surface area contributed by atoms with Crippen LogP contribution in [0.15, 0.2) is 24.3 Å². The van der Waals surface area contributed by atoms with Crippen LogP contribution in [0.4, 0.5) is 4.39 Å². The van der Waals surface area contributed by atoms with Crippen molar-refractivity contribution in [2.24, 2.45) is 5.92 Å². The van der Waals surface area contributed by atoms with Crippen LogP contribution in [0.3, 0.4) is 0 Å². The molecule has 0 aliphatic heterocycles. The molecule has 0 aliphatic carbocycles. The van der Waals surface area contributed by atoms with Crippen LogP contribution in [-0.4, -0.2) is 37.0 Å². The van der Waals surface area contributed by atoms with Gasteiger partial charge in [-0.3, -0.25) is 0 Å². The van der Waals surface area contributed by atoms with Crippen molar-refractivity contribution in [3.05, 3.63) is 35.6 Å². The van der Waals surface area contributed by atoms with Gasteiger partial charge < -0.3 is 15.2 Å². The number of benzene rings is 1. The summed E-state index contributed by atoms with van der Waals surface area (Å²) in [4.78, 5) is 0. The quantitative estimate of drug-likeness (QED) is 0.653. The Kier molecular flexibility index (Phi) is 8.50. The van der Waals surface area contributed by atoms with Gasteiger partial charge in [-0.05, 0) is 49.9 Å². The Morgan fingerprint density at radius 3 is 2.71 bits per heavy atom. The third-order valence-electron chi connectivity index (χ3n) is 3.24. The van der Waals surface area contributed by atoms with E-state index < -0.39 is 6.10 Å². The maximum atomic E-state index is 13.0. The third-order valence-corrected chi connectivity index (χ3v) is 3.24. The molecule has 2 unspecified atom stereocenters. The van der Waals surface area contributed by atoms with Gasteiger partial charge in [-0.1, -0.05) is 26.0 Å². The number of hydrogen-bond acceptors (Lipinski definition) is 3. The van der Waals surface area contributed by atoms with E-state index in [2.05, 4.69) is 19.2 Å². The lowest BCUT2D eigenvalue weighted by atomic mass is 10.1. The summed E-state index contributed by atoms with van der Waals surface area (Å²) in [5, 5.41) is 13.0. The van der Waals surface area contributed by atoms with Crippen LogP contribution in [0, 0.1) is 11.7 Å². The minimum absolute atomic E-state index is 0.173. The van der Waals surface area contributed by atoms with Crippen molar-refractivity contribution < 1.29 is 14.2 Å². The van der Waals surface area contributed by atoms with E-state index in [4.69, 9.17) is 4.74 Å². The molecule has 2 atom stereocenters. The lowest BCUT2D eigenvalue weighted by molar-refractivity contribution is -0.00839. The molecule has 0 heterocycles. The standard InChI is InChI=1S/C17H28FNO2/c1-13(2)9-14(3)21-12-17(20)11-19-8-7-15-5-4-6-16(18)10-15/h4-6,10,13-14,17,19-20H,7-9,11-12H2,1-3H3. The molecule has 3 nitrogen and oxygen atoms in total. The van der Waals surface area contributed by atoms with Crippen molar-refractivity contribution in [3.63, 3.8) is 0 Å². The summed E-state index contributed by atoms with van der Waals surface area (Å²) in [5.74, 6) is 0.390. The molecule has 0 spiro atoms. The number of rotatable bonds is 10. The number of halogens is 1. The second kappa shape index (κ2) is 9.87. The molecule has 0 aliphatic rings. The Balaban J connectivity index is 2.09. The highest BCUT2D eigenvalue weighted by Gasteiger charge is 2.09. The normalized spacial score (nSPS) is 14.4. The maximum Gasteiger partial charge on any atom is 0.123 e. The van der Waals surface area contributed by atoms with Gasteiger partial charge in [0.05, 0.1) is 18.8 Å². The van der Waals surface area contributed by atoms with Gasteiger partial charge in [-0.2, -0.15) is 0 Å². The second-order valence-electron chi connectivity index (χ2n) is 6.01. The van der Waals surface area contributed by atoms with Crippen molar-refractivity contribution >= 4 is 0 Å². The van der Waals surface area contributed by atoms with Gasteiger partial charge in [0.25, 0.3) is 0 Å². The van der Waals surface area contributed by atoms with Gasteiger partial charge in [0.15, 0.2) is 0 Å². The third kappa shape index (κ3) is 8.81. The van der Waals surface area contributed by atoms with E-state index in [1.165, 1.54) is 12.1 Å². The predicted octanol–water partition coefficient (Wildman–Crippen LogP) is 2.77. The molecule has 120 valence electrons. The van der Waals surface area contributed by atoms with Crippen LogP contribution in [0.5, 0.6) is 0 Å². The fraction of sp³-hybridized carbons (Fsp3) is 0.647. The monoisotopic (exact) mass is 297 g/mol. The summed E-state index contributed by atoms with van der Waals surface area (Å²) in [5.41, 5.74) is 0.957. The maximum absolute atomic E-state index is 13.0. The first kappa shape index (κ1) is 18.1. The Morgan fingerprint density at radius 1 is 1.29 bits per heavy atom. The van der Waals surface area contributed by atoms with Crippen molar-refractivity contribution in [2.75, 3.05) is 19.7 Å². The molecular weight excluding hydrogens is 269 g/mol. The summed E-state index contributed by atoms with van der Waals surface area (Å²) in [6.07, 6.45) is 1.41. The van der Waals surface area contributed by atoms with Gasteiger partial charge in [-0.25, -0.2) is 4.39 Å². The molecule has 4 heteroatoms. The van der Waals surface area contributed by atoms with Gasteiger partial charge in [0, 0.05) is 6.54 Å². The second-order valence-corrected chi connectivity index (χ2v) is 6.01. The summed E-state index contributed by atoms with van der Waals surface area (Å²) in [6, 6.07) is 6.59. The van der Waals surface area contributed by atoms with Gasteiger partial charge in [0.1, 0.15) is 5.82 Å². The molecule has 1 aromatic carbocycles. The number of hydrogen-bond donors (Lipinski definition) is 2. The van der Waals surface area contributed by atoms with Crippen LogP contribution in [0.2, 0.25) is 0 Å². The molecule has 0 amide bonds. The van der Waals surface area contributed by atoms with E-state index in [0.29, 0.717) is 25.6 Å². The first-order valence-corrected chi connectivity index (χ1v) is 7.72. The summed E-state index contributed by atoms with van der Waals surface area (Å²) < 4.78 is 18.6. The van der Waals surface area contributed by atoms with Crippen LogP contribution in [0.25, 0.3) is 0 Å². The van der Waals surface area contributed by atoms with E-state index in [-0.39, 0.29) is 11.9 Å². The fourth-order valence-electron chi connectivity index (χ4n) is 2.26. The molecule has 2 N–H and O–H groups in total. The molecule has 0 saturated heterocycles. The zero-order valence-corrected chi connectivity index (χ0v) is 13.3. The number of aliphatic hydroxyl groups is 1. The van der Waals surface area contributed by atoms with Gasteiger partial charge in [0.2, 0.25) is 0 Å². The minimum atomic E-state index is -0.507. The SMILES string of the molecule is CC(C)CC(C)OCC(O)CNCCc1cccc(F)c1. The highest BCUT2D eigenvalue weighted by atomic mass is 19.1. The highest BCUT2D eigenvalue weighted by molar-refractivity contribution is 5.16. The Morgan fingerprint density at radius 2 is 2.05 bits per heavy atom. The van der Waals surface area contributed by atoms with Crippen molar-refractivity contribution in [3.8, 4) is 0 Å². The predicted molar refractivity (Wildman–Crippen MR) is 83.8 cm³/mol. The molecule has 0 fully saturated rings. The lowest BCUT2D eigenvalue weighted by Gasteiger charge is -2.18. The van der Waals surface area contributed by atoms with E-state index in [1.807, 2.05) is 13.0 Å². The Hall–Kier alpha value is -0.970. The average Bonchev–Trinajstić information content (AvgIpc) is 2.41. The Labute approximate surface area is 127 Å². The molecular formula is C17H28FNO2. The molecule has 21 heavy (non-hydrogen) atoms. The van der Waals surface area contributed by atoms with Crippen LogP contribution >= 0.6 is 0 Å². The van der Waals surface area contributed by atoms with E-state index in [0.717, 1.165) is 18.4 Å². The topological polar surface area (TPSA) is 41.5 Å². The molecule has 0 bridgehead atoms. The minimum Gasteiger partial charge on any atom is -0.389 e. The van der Waals surface area contributed by atoms with Gasteiger partial charge >= 0.3 is 0 Å². The highest BCUT2D eigenvalue weighted by Crippen LogP contribution is 2.07. The summed E-state index contributed by atoms with van der Waals surface area (Å²) in [7, 11) is 0. The molecule has 0 saturated carbocycles. The average molecular weight is 297 g/mol. The van der Waals surface area contributed by atoms with Gasteiger partial charge in [-0.15, -0.1) is 0 Å². The first-order valence-electron chi connectivity index (χ1n) is 7.72. The number of aliphatic hydroxyl groups excluding tert-OH is 1. The zero-order chi connectivity index (χ0) is 15.7. The zero-order valence-electron chi connectivity index (χ0n) is 13.3. The fourth-order valence-corrected chi connectivity index (χ4v) is 2.26. The smallest absolute Gasteiger partial charge is 0.123 e. The van der Waals surface area contributed by atoms with Crippen LogP contribution in [0.1, 0.15) is 32.8 Å². The lowest BCUT2D eigenvalue weighted by Crippen LogP contribution is -2.32. The number of nitrogens with one attached hydrogen (secondary N) is 1. The van der Waals surface area contributed by atoms with Crippen molar-refractivity contribution in [1.82, 2.24) is 5.32 Å². The van der Waals surface area contributed by atoms with Crippen LogP contribution in [-0.2, 0) is 11.2 Å². The largest absolute Gasteiger partial charge is 0.389 e. The van der Waals surface area contributed by atoms with Crippen molar-refractivity contribution in [1.29, 1.82) is 0 Å². The molecule has 1 aromatic rings. The van der Waals surface area contributed by atoms with E-state index in [9.17, 15) is 9.50 Å². The van der Waals surface area contributed by atoms with E-state index >= 15 is 0 Å². The van der Waals surface area contributed by atoms with E-state index in [1.54, 1.807) is 6.07 Å². The first-order chi connectivity index (χ1) is 9.97. The summed E-state index contributed by atoms with van der Waals surface area (Å²) >= 11 is 0. The van der Waals surface area contributed by atoms with Crippen molar-refractivity contribution in [2.45, 2.75) is 45.8 Å².